The molecule has 142 valence electrons. The van der Waals surface area contributed by atoms with Crippen molar-refractivity contribution in [3.05, 3.63) is 53.1 Å². The molecule has 3 heterocycles. The number of piperidine rings is 1. The molecule has 1 saturated heterocycles. The molecule has 0 bridgehead atoms. The Hall–Kier alpha value is -2.64. The molecule has 7 nitrogen and oxygen atoms in total. The number of aromatic nitrogens is 3. The second-order valence-corrected chi connectivity index (χ2v) is 7.02. The molecule has 3 aromatic rings. The van der Waals surface area contributed by atoms with Crippen molar-refractivity contribution in [1.82, 2.24) is 19.5 Å². The zero-order valence-corrected chi connectivity index (χ0v) is 15.4. The van der Waals surface area contributed by atoms with Crippen molar-refractivity contribution in [2.75, 3.05) is 19.7 Å². The van der Waals surface area contributed by atoms with Crippen LogP contribution in [-0.2, 0) is 6.54 Å². The molecule has 1 aromatic carbocycles. The zero-order valence-electron chi connectivity index (χ0n) is 15.4. The molecule has 0 amide bonds. The topological polar surface area (TPSA) is 80.8 Å². The van der Waals surface area contributed by atoms with Gasteiger partial charge in [-0.05, 0) is 63.2 Å². The molecule has 0 saturated carbocycles. The molecular formula is C20H24N4O3. The molecule has 0 atom stereocenters. The van der Waals surface area contributed by atoms with E-state index in [4.69, 9.17) is 4.74 Å². The van der Waals surface area contributed by atoms with Crippen LogP contribution < -0.4 is 15.6 Å². The van der Waals surface area contributed by atoms with Crippen LogP contribution in [-0.4, -0.2) is 44.6 Å². The number of rotatable bonds is 5. The lowest BCUT2D eigenvalue weighted by atomic mass is 9.92. The number of hydrogen-bond acceptors (Lipinski definition) is 5. The van der Waals surface area contributed by atoms with Crippen molar-refractivity contribution in [3.8, 4) is 17.0 Å². The van der Waals surface area contributed by atoms with Crippen molar-refractivity contribution in [2.45, 2.75) is 31.9 Å². The number of benzene rings is 1. The Balaban J connectivity index is 1.64. The van der Waals surface area contributed by atoms with Gasteiger partial charge in [0, 0.05) is 18.0 Å². The van der Waals surface area contributed by atoms with Crippen LogP contribution in [0.4, 0.5) is 0 Å². The molecule has 4 rings (SSSR count). The molecule has 7 heteroatoms. The smallest absolute Gasteiger partial charge is 0.276 e. The van der Waals surface area contributed by atoms with Gasteiger partial charge in [-0.25, -0.2) is 4.52 Å². The lowest BCUT2D eigenvalue weighted by molar-refractivity contribution is -0.00613. The van der Waals surface area contributed by atoms with E-state index >= 15 is 0 Å². The lowest BCUT2D eigenvalue weighted by Crippen LogP contribution is -2.46. The van der Waals surface area contributed by atoms with Gasteiger partial charge in [-0.2, -0.15) is 5.10 Å². The van der Waals surface area contributed by atoms with E-state index in [-0.39, 0.29) is 5.56 Å². The third-order valence-corrected chi connectivity index (χ3v) is 5.06. The summed E-state index contributed by atoms with van der Waals surface area (Å²) in [5.74, 6) is 0.808. The van der Waals surface area contributed by atoms with Crippen LogP contribution in [0.2, 0.25) is 0 Å². The van der Waals surface area contributed by atoms with Crippen LogP contribution in [0.25, 0.3) is 16.8 Å². The van der Waals surface area contributed by atoms with Gasteiger partial charge in [0.2, 0.25) is 0 Å². The average molecular weight is 368 g/mol. The number of ether oxygens (including phenoxy) is 1. The molecular weight excluding hydrogens is 344 g/mol. The van der Waals surface area contributed by atoms with E-state index in [1.807, 2.05) is 31.2 Å². The molecule has 0 spiro atoms. The van der Waals surface area contributed by atoms with E-state index in [2.05, 4.69) is 10.4 Å². The molecule has 1 fully saturated rings. The highest BCUT2D eigenvalue weighted by atomic mass is 16.5. The lowest BCUT2D eigenvalue weighted by Gasteiger charge is -2.32. The van der Waals surface area contributed by atoms with Gasteiger partial charge in [-0.1, -0.05) is 0 Å². The first kappa shape index (κ1) is 17.8. The number of nitrogens with zero attached hydrogens (tertiary/aromatic N) is 3. The van der Waals surface area contributed by atoms with Gasteiger partial charge in [0.1, 0.15) is 11.3 Å². The maximum atomic E-state index is 12.9. The van der Waals surface area contributed by atoms with Crippen molar-refractivity contribution < 1.29 is 9.84 Å². The minimum Gasteiger partial charge on any atom is -0.494 e. The highest BCUT2D eigenvalue weighted by molar-refractivity contribution is 5.66. The number of aliphatic hydroxyl groups is 1. The monoisotopic (exact) mass is 368 g/mol. The van der Waals surface area contributed by atoms with Crippen LogP contribution in [0.3, 0.4) is 0 Å². The first-order valence-electron chi connectivity index (χ1n) is 9.33. The Morgan fingerprint density at radius 3 is 2.67 bits per heavy atom. The van der Waals surface area contributed by atoms with E-state index in [1.165, 1.54) is 0 Å². The van der Waals surface area contributed by atoms with Crippen LogP contribution in [0.5, 0.6) is 5.75 Å². The highest BCUT2D eigenvalue weighted by Crippen LogP contribution is 2.23. The van der Waals surface area contributed by atoms with E-state index in [9.17, 15) is 9.90 Å². The van der Waals surface area contributed by atoms with Crippen LogP contribution in [0, 0.1) is 0 Å². The Labute approximate surface area is 157 Å². The predicted molar refractivity (Wildman–Crippen MR) is 103 cm³/mol. The largest absolute Gasteiger partial charge is 0.494 e. The Bertz CT molecular complexity index is 985. The Kier molecular flexibility index (Phi) is 4.72. The van der Waals surface area contributed by atoms with Crippen molar-refractivity contribution in [3.63, 3.8) is 0 Å². The predicted octanol–water partition coefficient (Wildman–Crippen LogP) is 1.68. The average Bonchev–Trinajstić information content (AvgIpc) is 3.11. The fraction of sp³-hybridized carbons (Fsp3) is 0.400. The van der Waals surface area contributed by atoms with Gasteiger partial charge in [-0.15, -0.1) is 0 Å². The summed E-state index contributed by atoms with van der Waals surface area (Å²) in [7, 11) is 0. The molecule has 0 aliphatic carbocycles. The van der Waals surface area contributed by atoms with E-state index in [0.717, 1.165) is 30.1 Å². The molecule has 27 heavy (non-hydrogen) atoms. The molecule has 1 aliphatic rings. The quantitative estimate of drug-likeness (QED) is 0.716. The van der Waals surface area contributed by atoms with Gasteiger partial charge in [-0.3, -0.25) is 4.79 Å². The number of nitrogens with one attached hydrogen (secondary N) is 1. The minimum atomic E-state index is -0.842. The summed E-state index contributed by atoms with van der Waals surface area (Å²) in [5, 5.41) is 18.5. The SMILES string of the molecule is CCOc1ccc(-c2cc3c(=O)n(CC4(O)CCNCC4)ccn3n2)cc1. The normalized spacial score (nSPS) is 16.5. The zero-order chi connectivity index (χ0) is 18.9. The fourth-order valence-corrected chi connectivity index (χ4v) is 3.55. The summed E-state index contributed by atoms with van der Waals surface area (Å²) in [6, 6.07) is 9.45. The first-order chi connectivity index (χ1) is 13.1. The van der Waals surface area contributed by atoms with Crippen LogP contribution in [0.15, 0.2) is 47.5 Å². The minimum absolute atomic E-state index is 0.144. The maximum absolute atomic E-state index is 12.9. The maximum Gasteiger partial charge on any atom is 0.276 e. The van der Waals surface area contributed by atoms with E-state index < -0.39 is 5.60 Å². The van der Waals surface area contributed by atoms with Gasteiger partial charge >= 0.3 is 0 Å². The van der Waals surface area contributed by atoms with Crippen molar-refractivity contribution >= 4 is 5.52 Å². The third-order valence-electron chi connectivity index (χ3n) is 5.06. The van der Waals surface area contributed by atoms with E-state index in [1.54, 1.807) is 27.5 Å². The molecule has 1 aliphatic heterocycles. The van der Waals surface area contributed by atoms with Gasteiger partial charge in [0.05, 0.1) is 24.4 Å². The molecule has 2 N–H and O–H groups in total. The van der Waals surface area contributed by atoms with Crippen molar-refractivity contribution in [2.24, 2.45) is 0 Å². The van der Waals surface area contributed by atoms with Gasteiger partial charge in [0.25, 0.3) is 5.56 Å². The second-order valence-electron chi connectivity index (χ2n) is 7.02. The summed E-state index contributed by atoms with van der Waals surface area (Å²) < 4.78 is 8.65. The second kappa shape index (κ2) is 7.17. The summed E-state index contributed by atoms with van der Waals surface area (Å²) in [6.45, 7) is 4.40. The first-order valence-corrected chi connectivity index (χ1v) is 9.33. The summed E-state index contributed by atoms with van der Waals surface area (Å²) in [6.07, 6.45) is 4.74. The van der Waals surface area contributed by atoms with E-state index in [0.29, 0.717) is 31.5 Å². The van der Waals surface area contributed by atoms with Crippen LogP contribution in [0.1, 0.15) is 19.8 Å². The van der Waals surface area contributed by atoms with Gasteiger partial charge in [0.15, 0.2) is 0 Å². The Morgan fingerprint density at radius 2 is 1.96 bits per heavy atom. The summed E-state index contributed by atoms with van der Waals surface area (Å²) in [4.78, 5) is 12.9. The molecule has 0 radical (unpaired) electrons. The van der Waals surface area contributed by atoms with Gasteiger partial charge < -0.3 is 19.7 Å². The number of fused-ring (bicyclic) bond motifs is 1. The summed E-state index contributed by atoms with van der Waals surface area (Å²) >= 11 is 0. The highest BCUT2D eigenvalue weighted by Gasteiger charge is 2.30. The van der Waals surface area contributed by atoms with Crippen molar-refractivity contribution in [1.29, 1.82) is 0 Å². The molecule has 2 aromatic heterocycles. The standard InChI is InChI=1S/C20H24N4O3/c1-2-27-16-5-3-15(4-6-16)17-13-18-19(25)23(11-12-24(18)22-17)14-20(26)7-9-21-10-8-20/h3-6,11-13,21,26H,2,7-10,14H2,1H3. The Morgan fingerprint density at radius 1 is 1.22 bits per heavy atom. The fourth-order valence-electron chi connectivity index (χ4n) is 3.55. The molecule has 0 unspecified atom stereocenters. The summed E-state index contributed by atoms with van der Waals surface area (Å²) in [5.41, 5.74) is 1.16. The van der Waals surface area contributed by atoms with Crippen LogP contribution >= 0.6 is 0 Å². The third kappa shape index (κ3) is 3.61. The number of hydrogen-bond donors (Lipinski definition) is 2.